The second kappa shape index (κ2) is 5.09. The molecule has 0 spiro atoms. The molecule has 2 aromatic rings. The van der Waals surface area contributed by atoms with Gasteiger partial charge in [0.25, 0.3) is 0 Å². The molecule has 2 rings (SSSR count). The third kappa shape index (κ3) is 2.70. The molecule has 2 N–H and O–H groups in total. The summed E-state index contributed by atoms with van der Waals surface area (Å²) in [5.74, 6) is -1.12. The molecule has 7 nitrogen and oxygen atoms in total. The minimum atomic E-state index is -1.08. The molecule has 0 aliphatic carbocycles. The Morgan fingerprint density at radius 1 is 1.33 bits per heavy atom. The Morgan fingerprint density at radius 3 is 2.83 bits per heavy atom. The number of aromatic nitrogens is 3. The van der Waals surface area contributed by atoms with Gasteiger partial charge in [-0.2, -0.15) is 5.10 Å². The molecule has 0 atom stereocenters. The monoisotopic (exact) mass is 246 g/mol. The molecule has 0 aliphatic heterocycles. The maximum atomic E-state index is 11.7. The highest BCUT2D eigenvalue weighted by molar-refractivity contribution is 5.91. The van der Waals surface area contributed by atoms with Gasteiger partial charge in [0.2, 0.25) is 5.91 Å². The summed E-state index contributed by atoms with van der Waals surface area (Å²) in [6.07, 6.45) is 3.02. The van der Waals surface area contributed by atoms with Crippen LogP contribution >= 0.6 is 0 Å². The fourth-order valence-corrected chi connectivity index (χ4v) is 1.45. The predicted octanol–water partition coefficient (Wildman–Crippen LogP) is 0.615. The summed E-state index contributed by atoms with van der Waals surface area (Å²) in [6, 6.07) is 6.23. The van der Waals surface area contributed by atoms with Crippen molar-refractivity contribution < 1.29 is 14.7 Å². The van der Waals surface area contributed by atoms with Gasteiger partial charge in [-0.25, -0.2) is 4.79 Å². The minimum absolute atomic E-state index is 0.0595. The number of rotatable bonds is 4. The Morgan fingerprint density at radius 2 is 2.17 bits per heavy atom. The van der Waals surface area contributed by atoms with Crippen LogP contribution in [0.15, 0.2) is 36.7 Å². The Labute approximate surface area is 102 Å². The number of hydrogen-bond acceptors (Lipinski definition) is 4. The lowest BCUT2D eigenvalue weighted by Gasteiger charge is -2.06. The number of carboxylic acid groups (broad SMARTS) is 1. The molecule has 1 amide bonds. The molecule has 92 valence electrons. The van der Waals surface area contributed by atoms with Gasteiger partial charge in [-0.1, -0.05) is 0 Å². The molecule has 0 aliphatic rings. The Kier molecular flexibility index (Phi) is 3.33. The number of carbonyl (C=O) groups is 2. The van der Waals surface area contributed by atoms with E-state index < -0.39 is 5.97 Å². The van der Waals surface area contributed by atoms with Crippen molar-refractivity contribution in [3.63, 3.8) is 0 Å². The summed E-state index contributed by atoms with van der Waals surface area (Å²) in [5, 5.41) is 18.7. The van der Waals surface area contributed by atoms with Crippen LogP contribution < -0.4 is 5.32 Å². The summed E-state index contributed by atoms with van der Waals surface area (Å²) in [7, 11) is 0. The van der Waals surface area contributed by atoms with Crippen LogP contribution in [-0.2, 0) is 11.3 Å². The van der Waals surface area contributed by atoms with Crippen LogP contribution in [0, 0.1) is 0 Å². The van der Waals surface area contributed by atoms with Gasteiger partial charge in [0.15, 0.2) is 5.82 Å². The largest absolute Gasteiger partial charge is 0.477 e. The molecule has 7 heteroatoms. The first-order chi connectivity index (χ1) is 8.66. The maximum absolute atomic E-state index is 11.7. The zero-order valence-electron chi connectivity index (χ0n) is 9.28. The van der Waals surface area contributed by atoms with E-state index in [2.05, 4.69) is 15.5 Å². The van der Waals surface area contributed by atoms with Crippen LogP contribution in [0.4, 0.5) is 5.82 Å². The predicted molar refractivity (Wildman–Crippen MR) is 62.1 cm³/mol. The summed E-state index contributed by atoms with van der Waals surface area (Å²) in [5.41, 5.74) is 0.0595. The van der Waals surface area contributed by atoms with Crippen LogP contribution in [0.2, 0.25) is 0 Å². The minimum Gasteiger partial charge on any atom is -0.477 e. The smallest absolute Gasteiger partial charge is 0.352 e. The molecular formula is C11H10N4O3. The average molecular weight is 246 g/mol. The van der Waals surface area contributed by atoms with Gasteiger partial charge in [0, 0.05) is 12.4 Å². The first-order valence-corrected chi connectivity index (χ1v) is 5.13. The Bertz CT molecular complexity index is 565. The third-order valence-electron chi connectivity index (χ3n) is 2.20. The Hall–Kier alpha value is -2.70. The summed E-state index contributed by atoms with van der Waals surface area (Å²) < 4.78 is 1.34. The van der Waals surface area contributed by atoms with Gasteiger partial charge >= 0.3 is 5.97 Å². The van der Waals surface area contributed by atoms with Crippen molar-refractivity contribution in [3.05, 3.63) is 42.4 Å². The van der Waals surface area contributed by atoms with E-state index in [-0.39, 0.29) is 18.1 Å². The number of nitrogens with zero attached hydrogens (tertiary/aromatic N) is 3. The average Bonchev–Trinajstić information content (AvgIpc) is 2.78. The van der Waals surface area contributed by atoms with E-state index in [0.29, 0.717) is 5.82 Å². The van der Waals surface area contributed by atoms with Crippen LogP contribution in [0.25, 0.3) is 0 Å². The summed E-state index contributed by atoms with van der Waals surface area (Å²) in [6.45, 7) is -0.0921. The number of amides is 1. The van der Waals surface area contributed by atoms with E-state index in [1.165, 1.54) is 23.0 Å². The van der Waals surface area contributed by atoms with Gasteiger partial charge in [0.05, 0.1) is 0 Å². The maximum Gasteiger partial charge on any atom is 0.352 e. The lowest BCUT2D eigenvalue weighted by Crippen LogP contribution is -2.21. The van der Waals surface area contributed by atoms with E-state index in [9.17, 15) is 9.59 Å². The molecule has 2 aromatic heterocycles. The number of aromatic carboxylic acids is 1. The topological polar surface area (TPSA) is 97.1 Å². The summed E-state index contributed by atoms with van der Waals surface area (Å²) in [4.78, 5) is 22.5. The number of carbonyl (C=O) groups excluding carboxylic acids is 1. The molecule has 0 bridgehead atoms. The van der Waals surface area contributed by atoms with Crippen molar-refractivity contribution in [3.8, 4) is 0 Å². The molecule has 18 heavy (non-hydrogen) atoms. The van der Waals surface area contributed by atoms with Crippen LogP contribution in [0.1, 0.15) is 10.5 Å². The lowest BCUT2D eigenvalue weighted by atomic mass is 10.4. The van der Waals surface area contributed by atoms with Crippen molar-refractivity contribution in [2.24, 2.45) is 0 Å². The van der Waals surface area contributed by atoms with E-state index in [4.69, 9.17) is 5.11 Å². The quantitative estimate of drug-likeness (QED) is 0.824. The van der Waals surface area contributed by atoms with Crippen molar-refractivity contribution in [2.75, 3.05) is 5.32 Å². The first-order valence-electron chi connectivity index (χ1n) is 5.13. The highest BCUT2D eigenvalue weighted by Gasteiger charge is 2.11. The van der Waals surface area contributed by atoms with Gasteiger partial charge in [-0.05, 0) is 24.3 Å². The third-order valence-corrected chi connectivity index (χ3v) is 2.20. The summed E-state index contributed by atoms with van der Waals surface area (Å²) >= 11 is 0. The zero-order valence-corrected chi connectivity index (χ0v) is 9.28. The second-order valence-corrected chi connectivity index (χ2v) is 3.48. The molecule has 0 unspecified atom stereocenters. The molecule has 2 heterocycles. The highest BCUT2D eigenvalue weighted by Crippen LogP contribution is 2.04. The van der Waals surface area contributed by atoms with Gasteiger partial charge < -0.3 is 15.0 Å². The standard InChI is InChI=1S/C11H10N4O3/c16-10(13-9-4-1-5-12-14-9)7-15-6-2-3-8(15)11(17)18/h1-6H,7H2,(H,17,18)(H,13,14,16). The van der Waals surface area contributed by atoms with Crippen molar-refractivity contribution >= 4 is 17.7 Å². The molecule has 0 radical (unpaired) electrons. The van der Waals surface area contributed by atoms with Crippen molar-refractivity contribution in [1.29, 1.82) is 0 Å². The van der Waals surface area contributed by atoms with E-state index in [1.807, 2.05) is 0 Å². The fraction of sp³-hybridized carbons (Fsp3) is 0.0909. The van der Waals surface area contributed by atoms with E-state index >= 15 is 0 Å². The number of carboxylic acids is 1. The van der Waals surface area contributed by atoms with Crippen molar-refractivity contribution in [1.82, 2.24) is 14.8 Å². The zero-order chi connectivity index (χ0) is 13.0. The number of hydrogen-bond donors (Lipinski definition) is 2. The van der Waals surface area contributed by atoms with E-state index in [0.717, 1.165) is 0 Å². The lowest BCUT2D eigenvalue weighted by molar-refractivity contribution is -0.116. The van der Waals surface area contributed by atoms with Crippen molar-refractivity contribution in [2.45, 2.75) is 6.54 Å². The van der Waals surface area contributed by atoms with Crippen LogP contribution in [0.3, 0.4) is 0 Å². The van der Waals surface area contributed by atoms with Crippen LogP contribution in [0.5, 0.6) is 0 Å². The number of anilines is 1. The second-order valence-electron chi connectivity index (χ2n) is 3.48. The molecule has 0 saturated carbocycles. The molecule has 0 saturated heterocycles. The molecule has 0 fully saturated rings. The number of nitrogens with one attached hydrogen (secondary N) is 1. The van der Waals surface area contributed by atoms with Gasteiger partial charge in [-0.15, -0.1) is 5.10 Å². The first kappa shape index (κ1) is 11.8. The molecule has 0 aromatic carbocycles. The van der Waals surface area contributed by atoms with Gasteiger partial charge in [0.1, 0.15) is 12.2 Å². The Balaban J connectivity index is 2.04. The SMILES string of the molecule is O=C(Cn1cccc1C(=O)O)Nc1cccnn1. The van der Waals surface area contributed by atoms with E-state index in [1.54, 1.807) is 18.2 Å². The fourth-order valence-electron chi connectivity index (χ4n) is 1.45. The van der Waals surface area contributed by atoms with Crippen LogP contribution in [-0.4, -0.2) is 31.7 Å². The van der Waals surface area contributed by atoms with Gasteiger partial charge in [-0.3, -0.25) is 4.79 Å². The molecular weight excluding hydrogens is 236 g/mol. The normalized spacial score (nSPS) is 10.0. The highest BCUT2D eigenvalue weighted by atomic mass is 16.4.